The Hall–Kier alpha value is -3.62. The number of carbonyl (C=O) groups excluding carboxylic acids is 2. The van der Waals surface area contributed by atoms with Crippen LogP contribution in [0.2, 0.25) is 0 Å². The molecule has 2 N–H and O–H groups in total. The Labute approximate surface area is 193 Å². The minimum Gasteiger partial charge on any atom is -0.379 e. The van der Waals surface area contributed by atoms with Gasteiger partial charge in [-0.15, -0.1) is 0 Å². The van der Waals surface area contributed by atoms with Crippen molar-refractivity contribution in [3.63, 3.8) is 0 Å². The Bertz CT molecular complexity index is 1070. The lowest BCUT2D eigenvalue weighted by atomic mass is 10.2. The summed E-state index contributed by atoms with van der Waals surface area (Å²) in [7, 11) is 0. The predicted octanol–water partition coefficient (Wildman–Crippen LogP) is 2.73. The molecule has 0 spiro atoms. The molecule has 0 bridgehead atoms. The van der Waals surface area contributed by atoms with Crippen molar-refractivity contribution in [2.75, 3.05) is 38.2 Å². The minimum absolute atomic E-state index is 0.0293. The molecule has 1 fully saturated rings. The molecular weight excluding hydrogens is 418 g/mol. The number of carbonyl (C=O) groups is 2. The number of benzene rings is 2. The molecule has 170 valence electrons. The third-order valence-electron chi connectivity index (χ3n) is 5.37. The summed E-state index contributed by atoms with van der Waals surface area (Å²) in [6, 6.07) is 17.1. The molecule has 2 heterocycles. The van der Waals surface area contributed by atoms with E-state index in [4.69, 9.17) is 4.74 Å². The second kappa shape index (κ2) is 11.3. The van der Waals surface area contributed by atoms with Crippen LogP contribution in [0, 0.1) is 0 Å². The molecule has 2 amide bonds. The van der Waals surface area contributed by atoms with Gasteiger partial charge in [-0.3, -0.25) is 14.5 Å². The molecule has 0 saturated carbocycles. The van der Waals surface area contributed by atoms with Crippen molar-refractivity contribution in [3.8, 4) is 11.4 Å². The van der Waals surface area contributed by atoms with Crippen molar-refractivity contribution in [1.82, 2.24) is 20.2 Å². The van der Waals surface area contributed by atoms with Gasteiger partial charge in [0.25, 0.3) is 5.91 Å². The first-order valence-electron chi connectivity index (χ1n) is 11.0. The zero-order valence-corrected chi connectivity index (χ0v) is 18.4. The second-order valence-electron chi connectivity index (χ2n) is 7.80. The van der Waals surface area contributed by atoms with Crippen LogP contribution in [0.15, 0.2) is 67.0 Å². The highest BCUT2D eigenvalue weighted by Crippen LogP contribution is 2.14. The predicted molar refractivity (Wildman–Crippen MR) is 126 cm³/mol. The third kappa shape index (κ3) is 6.68. The van der Waals surface area contributed by atoms with Gasteiger partial charge in [0.05, 0.1) is 18.8 Å². The van der Waals surface area contributed by atoms with Gasteiger partial charge in [-0.1, -0.05) is 42.5 Å². The Morgan fingerprint density at radius 1 is 0.970 bits per heavy atom. The Morgan fingerprint density at radius 3 is 2.48 bits per heavy atom. The molecular formula is C25H27N5O3. The Kier molecular flexibility index (Phi) is 7.73. The van der Waals surface area contributed by atoms with Crippen molar-refractivity contribution in [1.29, 1.82) is 0 Å². The van der Waals surface area contributed by atoms with Crippen LogP contribution < -0.4 is 10.6 Å². The summed E-state index contributed by atoms with van der Waals surface area (Å²) in [6.07, 6.45) is 3.48. The first-order chi connectivity index (χ1) is 16.2. The number of nitrogens with one attached hydrogen (secondary N) is 2. The number of morpholine rings is 1. The number of amides is 2. The highest BCUT2D eigenvalue weighted by Gasteiger charge is 2.12. The van der Waals surface area contributed by atoms with E-state index >= 15 is 0 Å². The van der Waals surface area contributed by atoms with Crippen LogP contribution in [-0.4, -0.2) is 59.5 Å². The van der Waals surface area contributed by atoms with Gasteiger partial charge < -0.3 is 15.4 Å². The molecule has 0 aliphatic carbocycles. The second-order valence-corrected chi connectivity index (χ2v) is 7.80. The number of hydrogen-bond acceptors (Lipinski definition) is 6. The van der Waals surface area contributed by atoms with Gasteiger partial charge in [-0.25, -0.2) is 9.97 Å². The van der Waals surface area contributed by atoms with Crippen molar-refractivity contribution >= 4 is 17.5 Å². The number of nitrogens with zero attached hydrogens (tertiary/aromatic N) is 3. The van der Waals surface area contributed by atoms with Crippen molar-refractivity contribution in [2.24, 2.45) is 0 Å². The van der Waals surface area contributed by atoms with Crippen molar-refractivity contribution in [2.45, 2.75) is 13.0 Å². The Balaban J connectivity index is 1.26. The van der Waals surface area contributed by atoms with E-state index in [1.54, 1.807) is 0 Å². The fraction of sp³-hybridized carbons (Fsp3) is 0.280. The summed E-state index contributed by atoms with van der Waals surface area (Å²) in [5.74, 6) is 0.289. The van der Waals surface area contributed by atoms with E-state index in [1.807, 2.05) is 54.6 Å². The van der Waals surface area contributed by atoms with E-state index in [0.717, 1.165) is 44.0 Å². The molecule has 1 aliphatic rings. The molecule has 4 rings (SSSR count). The van der Waals surface area contributed by atoms with Crippen LogP contribution in [0.5, 0.6) is 0 Å². The highest BCUT2D eigenvalue weighted by molar-refractivity contribution is 5.93. The molecule has 8 heteroatoms. The molecule has 3 aromatic rings. The molecule has 1 saturated heterocycles. The summed E-state index contributed by atoms with van der Waals surface area (Å²) >= 11 is 0. The first-order valence-corrected chi connectivity index (χ1v) is 11.0. The normalized spacial score (nSPS) is 13.9. The largest absolute Gasteiger partial charge is 0.379 e. The maximum atomic E-state index is 12.5. The fourth-order valence-corrected chi connectivity index (χ4v) is 3.53. The van der Waals surface area contributed by atoms with Gasteiger partial charge in [0.15, 0.2) is 5.82 Å². The topological polar surface area (TPSA) is 96.5 Å². The van der Waals surface area contributed by atoms with Crippen LogP contribution >= 0.6 is 0 Å². The average Bonchev–Trinajstić information content (AvgIpc) is 2.87. The number of aromatic nitrogens is 2. The number of anilines is 1. The molecule has 0 atom stereocenters. The van der Waals surface area contributed by atoms with Gasteiger partial charge in [-0.2, -0.15) is 0 Å². The van der Waals surface area contributed by atoms with E-state index in [2.05, 4.69) is 25.5 Å². The SMILES string of the molecule is O=C(CCN1CCOCC1)Nc1cccc(CNC(=O)c2cnc(-c3ccccc3)nc2)c1. The quantitative estimate of drug-likeness (QED) is 0.554. The molecule has 2 aromatic carbocycles. The van der Waals surface area contributed by atoms with Crippen LogP contribution in [0.4, 0.5) is 5.69 Å². The standard InChI is InChI=1S/C25H27N5O3/c31-23(9-10-30-11-13-33-14-12-30)29-22-8-4-5-19(15-22)16-28-25(32)21-17-26-24(27-18-21)20-6-2-1-3-7-20/h1-8,15,17-18H,9-14,16H2,(H,28,32)(H,29,31). The molecule has 0 radical (unpaired) electrons. The zero-order valence-electron chi connectivity index (χ0n) is 18.4. The van der Waals surface area contributed by atoms with Gasteiger partial charge in [0.2, 0.25) is 5.91 Å². The van der Waals surface area contributed by atoms with Gasteiger partial charge in [0, 0.05) is 56.2 Å². The van der Waals surface area contributed by atoms with Crippen LogP contribution in [0.1, 0.15) is 22.3 Å². The molecule has 1 aliphatic heterocycles. The van der Waals surface area contributed by atoms with Crippen LogP contribution in [-0.2, 0) is 16.1 Å². The summed E-state index contributed by atoms with van der Waals surface area (Å²) in [6.45, 7) is 4.22. The number of rotatable bonds is 8. The van der Waals surface area contributed by atoms with Crippen LogP contribution in [0.3, 0.4) is 0 Å². The van der Waals surface area contributed by atoms with E-state index in [0.29, 0.717) is 30.0 Å². The summed E-state index contributed by atoms with van der Waals surface area (Å²) in [4.78, 5) is 35.6. The van der Waals surface area contributed by atoms with Crippen molar-refractivity contribution in [3.05, 3.63) is 78.1 Å². The zero-order chi connectivity index (χ0) is 22.9. The summed E-state index contributed by atoms with van der Waals surface area (Å²) in [5.41, 5.74) is 2.89. The fourth-order valence-electron chi connectivity index (χ4n) is 3.53. The Morgan fingerprint density at radius 2 is 1.73 bits per heavy atom. The lowest BCUT2D eigenvalue weighted by Gasteiger charge is -2.26. The van der Waals surface area contributed by atoms with E-state index in [1.165, 1.54) is 12.4 Å². The molecule has 8 nitrogen and oxygen atoms in total. The van der Waals surface area contributed by atoms with Gasteiger partial charge >= 0.3 is 0 Å². The van der Waals surface area contributed by atoms with E-state index < -0.39 is 0 Å². The third-order valence-corrected chi connectivity index (χ3v) is 5.37. The lowest BCUT2D eigenvalue weighted by Crippen LogP contribution is -2.38. The minimum atomic E-state index is -0.255. The van der Waals surface area contributed by atoms with Gasteiger partial charge in [-0.05, 0) is 17.7 Å². The lowest BCUT2D eigenvalue weighted by molar-refractivity contribution is -0.116. The van der Waals surface area contributed by atoms with E-state index in [9.17, 15) is 9.59 Å². The highest BCUT2D eigenvalue weighted by atomic mass is 16.5. The number of ether oxygens (including phenoxy) is 1. The molecule has 1 aromatic heterocycles. The van der Waals surface area contributed by atoms with E-state index in [-0.39, 0.29) is 11.8 Å². The van der Waals surface area contributed by atoms with Gasteiger partial charge in [0.1, 0.15) is 0 Å². The van der Waals surface area contributed by atoms with Crippen molar-refractivity contribution < 1.29 is 14.3 Å². The summed E-state index contributed by atoms with van der Waals surface area (Å²) in [5, 5.41) is 5.81. The number of hydrogen-bond donors (Lipinski definition) is 2. The smallest absolute Gasteiger partial charge is 0.254 e. The monoisotopic (exact) mass is 445 g/mol. The van der Waals surface area contributed by atoms with Crippen LogP contribution in [0.25, 0.3) is 11.4 Å². The maximum absolute atomic E-state index is 12.5. The molecule has 33 heavy (non-hydrogen) atoms. The molecule has 0 unspecified atom stereocenters. The first kappa shape index (κ1) is 22.6. The maximum Gasteiger partial charge on any atom is 0.254 e. The summed E-state index contributed by atoms with van der Waals surface area (Å²) < 4.78 is 5.33. The average molecular weight is 446 g/mol.